The molecule has 2 heterocycles. The summed E-state index contributed by atoms with van der Waals surface area (Å²) in [6.07, 6.45) is 6.34. The van der Waals surface area contributed by atoms with Crippen LogP contribution in [0.25, 0.3) is 10.9 Å². The third-order valence-electron chi connectivity index (χ3n) is 6.86. The summed E-state index contributed by atoms with van der Waals surface area (Å²) in [7, 11) is 0. The molecule has 1 saturated heterocycles. The monoisotopic (exact) mass is 401 g/mol. The van der Waals surface area contributed by atoms with Crippen LogP contribution in [-0.4, -0.2) is 35.1 Å². The molecule has 2 aromatic carbocycles. The van der Waals surface area contributed by atoms with E-state index in [1.807, 2.05) is 12.3 Å². The van der Waals surface area contributed by atoms with Gasteiger partial charge in [-0.25, -0.2) is 0 Å². The highest BCUT2D eigenvalue weighted by Gasteiger charge is 2.37. The minimum absolute atomic E-state index is 0.00753. The number of hydrogen-bond acceptors (Lipinski definition) is 4. The van der Waals surface area contributed by atoms with Crippen molar-refractivity contribution in [2.24, 2.45) is 5.73 Å². The van der Waals surface area contributed by atoms with Gasteiger partial charge in [-0.2, -0.15) is 0 Å². The Hall–Kier alpha value is -2.43. The van der Waals surface area contributed by atoms with Gasteiger partial charge in [0, 0.05) is 24.2 Å². The number of ether oxygens (including phenoxy) is 1. The summed E-state index contributed by atoms with van der Waals surface area (Å²) in [6.45, 7) is 6.34. The minimum atomic E-state index is -0.00753. The van der Waals surface area contributed by atoms with Crippen molar-refractivity contribution in [1.29, 1.82) is 0 Å². The van der Waals surface area contributed by atoms with Gasteiger partial charge in [0.2, 0.25) is 0 Å². The lowest BCUT2D eigenvalue weighted by Crippen LogP contribution is -2.51. The number of fused-ring (bicyclic) bond motifs is 2. The van der Waals surface area contributed by atoms with Crippen LogP contribution in [0, 0.1) is 13.8 Å². The third-order valence-corrected chi connectivity index (χ3v) is 6.86. The summed E-state index contributed by atoms with van der Waals surface area (Å²) in [4.78, 5) is 7.29. The fourth-order valence-electron chi connectivity index (χ4n) is 5.39. The molecule has 1 aliphatic heterocycles. The largest absolute Gasteiger partial charge is 0.482 e. The molecule has 1 aromatic heterocycles. The predicted octanol–water partition coefficient (Wildman–Crippen LogP) is 4.71. The lowest BCUT2D eigenvalue weighted by molar-refractivity contribution is 0.0371. The van der Waals surface area contributed by atoms with E-state index in [1.54, 1.807) is 0 Å². The number of hydrogen-bond donors (Lipinski definition) is 1. The molecule has 0 amide bonds. The van der Waals surface area contributed by atoms with E-state index >= 15 is 0 Å². The molecule has 0 saturated carbocycles. The number of piperidine rings is 1. The molecule has 4 heteroatoms. The van der Waals surface area contributed by atoms with Gasteiger partial charge in [0.05, 0.1) is 6.04 Å². The highest BCUT2D eigenvalue weighted by molar-refractivity contribution is 5.88. The van der Waals surface area contributed by atoms with Gasteiger partial charge < -0.3 is 10.5 Å². The average molecular weight is 402 g/mol. The fourth-order valence-corrected chi connectivity index (χ4v) is 5.39. The molecule has 1 fully saturated rings. The molecule has 30 heavy (non-hydrogen) atoms. The third kappa shape index (κ3) is 3.48. The summed E-state index contributed by atoms with van der Waals surface area (Å²) in [5, 5.41) is 1.17. The van der Waals surface area contributed by atoms with Crippen LogP contribution in [0.2, 0.25) is 0 Å². The van der Waals surface area contributed by atoms with Crippen molar-refractivity contribution in [3.05, 3.63) is 70.9 Å². The van der Waals surface area contributed by atoms with Gasteiger partial charge in [-0.3, -0.25) is 9.88 Å². The van der Waals surface area contributed by atoms with Crippen molar-refractivity contribution in [2.45, 2.75) is 57.7 Å². The summed E-state index contributed by atoms with van der Waals surface area (Å²) < 4.78 is 6.94. The Morgan fingerprint density at radius 3 is 2.80 bits per heavy atom. The zero-order valence-electron chi connectivity index (χ0n) is 18.0. The molecule has 156 valence electrons. The maximum Gasteiger partial charge on any atom is 0.149 e. The molecular formula is C26H31N3O. The number of rotatable bonds is 3. The number of aryl methyl sites for hydroxylation is 3. The molecule has 2 aliphatic rings. The van der Waals surface area contributed by atoms with E-state index in [0.717, 1.165) is 49.2 Å². The molecule has 4 nitrogen and oxygen atoms in total. The second-order valence-electron chi connectivity index (χ2n) is 8.98. The van der Waals surface area contributed by atoms with E-state index in [2.05, 4.69) is 55.1 Å². The zero-order valence-corrected chi connectivity index (χ0v) is 18.0. The molecule has 2 N–H and O–H groups in total. The molecule has 0 radical (unpaired) electrons. The molecular weight excluding hydrogens is 370 g/mol. The Morgan fingerprint density at radius 1 is 1.07 bits per heavy atom. The van der Waals surface area contributed by atoms with Crippen LogP contribution in [0.1, 0.15) is 47.6 Å². The Kier molecular flexibility index (Phi) is 5.21. The second-order valence-corrected chi connectivity index (χ2v) is 8.98. The van der Waals surface area contributed by atoms with Gasteiger partial charge in [0.25, 0.3) is 0 Å². The fraction of sp³-hybridized carbons (Fsp3) is 0.423. The summed E-state index contributed by atoms with van der Waals surface area (Å²) in [5.41, 5.74) is 12.4. The van der Waals surface area contributed by atoms with Crippen molar-refractivity contribution in [2.75, 3.05) is 13.1 Å². The highest BCUT2D eigenvalue weighted by atomic mass is 16.5. The van der Waals surface area contributed by atoms with Crippen LogP contribution in [0.3, 0.4) is 0 Å². The van der Waals surface area contributed by atoms with Crippen LogP contribution in [0.4, 0.5) is 0 Å². The van der Waals surface area contributed by atoms with Gasteiger partial charge in [-0.05, 0) is 74.4 Å². The van der Waals surface area contributed by atoms with E-state index in [4.69, 9.17) is 15.5 Å². The van der Waals surface area contributed by atoms with Crippen molar-refractivity contribution in [3.8, 4) is 5.75 Å². The molecule has 5 rings (SSSR count). The molecule has 1 aliphatic carbocycles. The number of aromatic nitrogens is 1. The summed E-state index contributed by atoms with van der Waals surface area (Å²) in [5.74, 6) is 0.921. The van der Waals surface area contributed by atoms with E-state index in [9.17, 15) is 0 Å². The van der Waals surface area contributed by atoms with E-state index < -0.39 is 0 Å². The van der Waals surface area contributed by atoms with Crippen molar-refractivity contribution >= 4 is 10.9 Å². The van der Waals surface area contributed by atoms with Gasteiger partial charge in [0.1, 0.15) is 17.4 Å². The number of likely N-dealkylation sites (tertiary alicyclic amines) is 1. The minimum Gasteiger partial charge on any atom is -0.482 e. The van der Waals surface area contributed by atoms with Crippen molar-refractivity contribution in [3.63, 3.8) is 0 Å². The maximum atomic E-state index is 6.94. The summed E-state index contributed by atoms with van der Waals surface area (Å²) >= 11 is 0. The Bertz CT molecular complexity index is 1060. The first-order valence-electron chi connectivity index (χ1n) is 11.2. The standard InChI is InChI=1S/C26H31N3O/c1-17-15-18(2)25(24-21(17)10-5-13-28-24)30-26-22-9-4-3-7-19(22)11-12-23(26)29-14-6-8-20(27)16-29/h3-5,7,9-10,13,15,20,23,26H,6,8,11-12,14,16,27H2,1-2H3/t20-,23+,26+/m1/s1. The van der Waals surface area contributed by atoms with E-state index in [-0.39, 0.29) is 12.1 Å². The number of nitrogens with zero attached hydrogens (tertiary/aromatic N) is 2. The lowest BCUT2D eigenvalue weighted by atomic mass is 9.84. The molecule has 0 bridgehead atoms. The number of pyridine rings is 1. The SMILES string of the molecule is Cc1cc(C)c2cccnc2c1O[C@H]1c2ccccc2CC[C@@H]1N1CCC[C@@H](N)C1. The van der Waals surface area contributed by atoms with Crippen LogP contribution in [0.5, 0.6) is 5.75 Å². The molecule has 3 atom stereocenters. The van der Waals surface area contributed by atoms with Crippen LogP contribution in [-0.2, 0) is 6.42 Å². The topological polar surface area (TPSA) is 51.4 Å². The first-order valence-corrected chi connectivity index (χ1v) is 11.2. The van der Waals surface area contributed by atoms with Gasteiger partial charge in [-0.15, -0.1) is 0 Å². The summed E-state index contributed by atoms with van der Waals surface area (Å²) in [6, 6.07) is 15.7. The Balaban J connectivity index is 1.59. The van der Waals surface area contributed by atoms with Crippen LogP contribution >= 0.6 is 0 Å². The van der Waals surface area contributed by atoms with Crippen molar-refractivity contribution < 1.29 is 4.74 Å². The van der Waals surface area contributed by atoms with Crippen molar-refractivity contribution in [1.82, 2.24) is 9.88 Å². The smallest absolute Gasteiger partial charge is 0.149 e. The molecule has 0 spiro atoms. The maximum absolute atomic E-state index is 6.94. The van der Waals surface area contributed by atoms with Gasteiger partial charge in [-0.1, -0.05) is 36.4 Å². The van der Waals surface area contributed by atoms with Gasteiger partial charge in [0.15, 0.2) is 0 Å². The first-order chi connectivity index (χ1) is 14.6. The molecule has 3 aromatic rings. The average Bonchev–Trinajstić information content (AvgIpc) is 2.76. The quantitative estimate of drug-likeness (QED) is 0.691. The van der Waals surface area contributed by atoms with Crippen LogP contribution < -0.4 is 10.5 Å². The Labute approximate surface area is 179 Å². The van der Waals surface area contributed by atoms with E-state index in [0.29, 0.717) is 6.04 Å². The first kappa shape index (κ1) is 19.5. The zero-order chi connectivity index (χ0) is 20.7. The molecule has 0 unspecified atom stereocenters. The van der Waals surface area contributed by atoms with Gasteiger partial charge >= 0.3 is 0 Å². The Morgan fingerprint density at radius 2 is 1.93 bits per heavy atom. The highest BCUT2D eigenvalue weighted by Crippen LogP contribution is 2.40. The predicted molar refractivity (Wildman–Crippen MR) is 122 cm³/mol. The number of benzene rings is 2. The lowest BCUT2D eigenvalue weighted by Gasteiger charge is -2.43. The number of nitrogens with two attached hydrogens (primary N) is 1. The second kappa shape index (κ2) is 8.01. The normalized spacial score (nSPS) is 24.6. The van der Waals surface area contributed by atoms with Crippen LogP contribution in [0.15, 0.2) is 48.7 Å². The van der Waals surface area contributed by atoms with E-state index in [1.165, 1.54) is 28.5 Å².